The van der Waals surface area contributed by atoms with Crippen molar-refractivity contribution in [3.63, 3.8) is 0 Å². The lowest BCUT2D eigenvalue weighted by Gasteiger charge is -2.13. The van der Waals surface area contributed by atoms with E-state index >= 15 is 0 Å². The zero-order valence-electron chi connectivity index (χ0n) is 12.1. The quantitative estimate of drug-likeness (QED) is 0.313. The summed E-state index contributed by atoms with van der Waals surface area (Å²) in [5, 5.41) is 5.19. The van der Waals surface area contributed by atoms with Crippen molar-refractivity contribution < 1.29 is 26.3 Å². The lowest BCUT2D eigenvalue weighted by atomic mass is 10.1. The number of rotatable bonds is 4. The van der Waals surface area contributed by atoms with Gasteiger partial charge in [-0.25, -0.2) is 0 Å². The standard InChI is InChI=1S/C13H15F6N3.HI/c1-20-11(21-7-6-12(14,15)16)22-8-9-2-4-10(5-3-9)13(17,18)19;/h2-5H,6-8H2,1H3,(H2,20,21,22);1H. The summed E-state index contributed by atoms with van der Waals surface area (Å²) in [6.07, 6.45) is -9.67. The smallest absolute Gasteiger partial charge is 0.356 e. The summed E-state index contributed by atoms with van der Waals surface area (Å²) in [5.74, 6) is 0.143. The van der Waals surface area contributed by atoms with Gasteiger partial charge in [-0.3, -0.25) is 4.99 Å². The van der Waals surface area contributed by atoms with Gasteiger partial charge in [-0.1, -0.05) is 12.1 Å². The number of benzene rings is 1. The van der Waals surface area contributed by atoms with Crippen molar-refractivity contribution in [2.45, 2.75) is 25.3 Å². The van der Waals surface area contributed by atoms with E-state index in [0.29, 0.717) is 5.56 Å². The maximum absolute atomic E-state index is 12.4. The van der Waals surface area contributed by atoms with Gasteiger partial charge in [-0.05, 0) is 17.7 Å². The van der Waals surface area contributed by atoms with Gasteiger partial charge in [0.1, 0.15) is 0 Å². The second-order valence-corrected chi connectivity index (χ2v) is 4.41. The number of halogens is 7. The van der Waals surface area contributed by atoms with Crippen LogP contribution >= 0.6 is 24.0 Å². The average molecular weight is 455 g/mol. The average Bonchev–Trinajstić information content (AvgIpc) is 2.41. The highest BCUT2D eigenvalue weighted by molar-refractivity contribution is 14.0. The van der Waals surface area contributed by atoms with Gasteiger partial charge in [0.05, 0.1) is 12.0 Å². The van der Waals surface area contributed by atoms with Crippen LogP contribution in [0, 0.1) is 0 Å². The molecule has 0 amide bonds. The third-order valence-electron chi connectivity index (χ3n) is 2.67. The lowest BCUT2D eigenvalue weighted by Crippen LogP contribution is -2.38. The van der Waals surface area contributed by atoms with E-state index < -0.39 is 24.3 Å². The minimum Gasteiger partial charge on any atom is -0.356 e. The monoisotopic (exact) mass is 455 g/mol. The molecule has 1 aromatic carbocycles. The molecule has 23 heavy (non-hydrogen) atoms. The number of aliphatic imine (C=N–C) groups is 1. The van der Waals surface area contributed by atoms with E-state index in [1.54, 1.807) is 0 Å². The second kappa shape index (κ2) is 9.18. The van der Waals surface area contributed by atoms with Crippen LogP contribution in [0.25, 0.3) is 0 Å². The molecular formula is C13H16F6IN3. The third kappa shape index (κ3) is 8.86. The molecule has 132 valence electrons. The summed E-state index contributed by atoms with van der Waals surface area (Å²) in [6.45, 7) is -0.194. The highest BCUT2D eigenvalue weighted by atomic mass is 127. The number of alkyl halides is 6. The number of hydrogen-bond acceptors (Lipinski definition) is 1. The van der Waals surface area contributed by atoms with Crippen LogP contribution in [0.5, 0.6) is 0 Å². The maximum Gasteiger partial charge on any atom is 0.416 e. The molecule has 0 atom stereocenters. The number of guanidine groups is 1. The Morgan fingerprint density at radius 1 is 1.00 bits per heavy atom. The lowest BCUT2D eigenvalue weighted by molar-refractivity contribution is -0.137. The van der Waals surface area contributed by atoms with Crippen molar-refractivity contribution in [3.8, 4) is 0 Å². The molecule has 0 aliphatic heterocycles. The van der Waals surface area contributed by atoms with E-state index in [0.717, 1.165) is 12.1 Å². The summed E-state index contributed by atoms with van der Waals surface area (Å²) in [7, 11) is 1.38. The van der Waals surface area contributed by atoms with Gasteiger partial charge in [0.2, 0.25) is 0 Å². The zero-order chi connectivity index (χ0) is 16.8. The van der Waals surface area contributed by atoms with Gasteiger partial charge < -0.3 is 10.6 Å². The zero-order valence-corrected chi connectivity index (χ0v) is 14.4. The van der Waals surface area contributed by atoms with Gasteiger partial charge in [0.25, 0.3) is 0 Å². The summed E-state index contributed by atoms with van der Waals surface area (Å²) in [4.78, 5) is 3.73. The van der Waals surface area contributed by atoms with Crippen LogP contribution in [0.2, 0.25) is 0 Å². The fourth-order valence-corrected chi connectivity index (χ4v) is 1.54. The molecule has 0 spiro atoms. The predicted molar refractivity (Wildman–Crippen MR) is 85.7 cm³/mol. The van der Waals surface area contributed by atoms with Gasteiger partial charge in [0.15, 0.2) is 5.96 Å². The molecule has 0 bridgehead atoms. The van der Waals surface area contributed by atoms with Crippen molar-refractivity contribution in [1.29, 1.82) is 0 Å². The molecule has 0 heterocycles. The molecule has 0 aliphatic rings. The number of nitrogens with zero attached hydrogens (tertiary/aromatic N) is 1. The van der Waals surface area contributed by atoms with Crippen molar-refractivity contribution in [3.05, 3.63) is 35.4 Å². The van der Waals surface area contributed by atoms with Gasteiger partial charge in [-0.2, -0.15) is 26.3 Å². The molecule has 0 saturated carbocycles. The van der Waals surface area contributed by atoms with Crippen molar-refractivity contribution in [1.82, 2.24) is 10.6 Å². The van der Waals surface area contributed by atoms with Crippen molar-refractivity contribution >= 4 is 29.9 Å². The molecule has 1 aromatic rings. The van der Waals surface area contributed by atoms with Gasteiger partial charge in [-0.15, -0.1) is 24.0 Å². The summed E-state index contributed by atoms with van der Waals surface area (Å²) >= 11 is 0. The van der Waals surface area contributed by atoms with Crippen LogP contribution in [-0.2, 0) is 12.7 Å². The largest absolute Gasteiger partial charge is 0.416 e. The number of nitrogens with one attached hydrogen (secondary N) is 2. The van der Waals surface area contributed by atoms with E-state index in [1.165, 1.54) is 19.2 Å². The molecule has 1 rings (SSSR count). The fourth-order valence-electron chi connectivity index (χ4n) is 1.54. The normalized spacial score (nSPS) is 12.6. The Labute approximate surface area is 146 Å². The molecule has 0 unspecified atom stereocenters. The van der Waals surface area contributed by atoms with Gasteiger partial charge in [0, 0.05) is 20.1 Å². The summed E-state index contributed by atoms with van der Waals surface area (Å²) in [6, 6.07) is 4.46. The molecule has 10 heteroatoms. The molecule has 3 nitrogen and oxygen atoms in total. The highest BCUT2D eigenvalue weighted by Crippen LogP contribution is 2.29. The molecular weight excluding hydrogens is 439 g/mol. The first kappa shape index (κ1) is 21.8. The summed E-state index contributed by atoms with van der Waals surface area (Å²) < 4.78 is 73.2. The topological polar surface area (TPSA) is 36.4 Å². The third-order valence-corrected chi connectivity index (χ3v) is 2.67. The Balaban J connectivity index is 0.00000484. The van der Waals surface area contributed by atoms with Crippen LogP contribution in [0.3, 0.4) is 0 Å². The van der Waals surface area contributed by atoms with E-state index in [4.69, 9.17) is 0 Å². The minimum atomic E-state index is -4.40. The van der Waals surface area contributed by atoms with Crippen LogP contribution in [0.1, 0.15) is 17.5 Å². The Hall–Kier alpha value is -1.20. The first-order chi connectivity index (χ1) is 10.1. The van der Waals surface area contributed by atoms with E-state index in [1.807, 2.05) is 0 Å². The second-order valence-electron chi connectivity index (χ2n) is 4.41. The van der Waals surface area contributed by atoms with Crippen LogP contribution in [0.15, 0.2) is 29.3 Å². The minimum absolute atomic E-state index is 0. The Morgan fingerprint density at radius 2 is 1.57 bits per heavy atom. The van der Waals surface area contributed by atoms with E-state index in [9.17, 15) is 26.3 Å². The molecule has 2 N–H and O–H groups in total. The molecule has 0 saturated heterocycles. The Kier molecular flexibility index (Phi) is 8.70. The van der Waals surface area contributed by atoms with Crippen molar-refractivity contribution in [2.24, 2.45) is 4.99 Å². The number of hydrogen-bond donors (Lipinski definition) is 2. The van der Waals surface area contributed by atoms with Crippen LogP contribution < -0.4 is 10.6 Å². The Morgan fingerprint density at radius 3 is 2.00 bits per heavy atom. The first-order valence-electron chi connectivity index (χ1n) is 6.29. The fraction of sp³-hybridized carbons (Fsp3) is 0.462. The molecule has 0 aromatic heterocycles. The SMILES string of the molecule is CN=C(NCCC(F)(F)F)NCc1ccc(C(F)(F)F)cc1.I. The maximum atomic E-state index is 12.4. The van der Waals surface area contributed by atoms with E-state index in [2.05, 4.69) is 15.6 Å². The summed E-state index contributed by atoms with van der Waals surface area (Å²) in [5.41, 5.74) is -0.212. The molecule has 0 radical (unpaired) electrons. The highest BCUT2D eigenvalue weighted by Gasteiger charge is 2.30. The predicted octanol–water partition coefficient (Wildman–Crippen LogP) is 3.94. The molecule has 0 fully saturated rings. The van der Waals surface area contributed by atoms with Gasteiger partial charge >= 0.3 is 12.4 Å². The Bertz CT molecular complexity index is 496. The van der Waals surface area contributed by atoms with Crippen LogP contribution in [0.4, 0.5) is 26.3 Å². The first-order valence-corrected chi connectivity index (χ1v) is 6.29. The molecule has 0 aliphatic carbocycles. The van der Waals surface area contributed by atoms with Crippen LogP contribution in [-0.4, -0.2) is 25.7 Å². The van der Waals surface area contributed by atoms with E-state index in [-0.39, 0.29) is 43.0 Å². The van der Waals surface area contributed by atoms with Crippen molar-refractivity contribution in [2.75, 3.05) is 13.6 Å².